The molecule has 110 valence electrons. The minimum absolute atomic E-state index is 0.126. The Hall–Kier alpha value is -2.40. The lowest BCUT2D eigenvalue weighted by atomic mass is 10.3. The van der Waals surface area contributed by atoms with E-state index in [-0.39, 0.29) is 12.5 Å². The maximum atomic E-state index is 11.6. The molecule has 2 aromatic rings. The Labute approximate surface area is 127 Å². The van der Waals surface area contributed by atoms with Crippen LogP contribution in [-0.4, -0.2) is 12.5 Å². The third-order valence-corrected chi connectivity index (χ3v) is 2.83. The van der Waals surface area contributed by atoms with E-state index in [0.717, 1.165) is 5.76 Å². The summed E-state index contributed by atoms with van der Waals surface area (Å²) in [5, 5.41) is 0.610. The van der Waals surface area contributed by atoms with Crippen molar-refractivity contribution in [2.24, 2.45) is 0 Å². The Bertz CT molecular complexity index is 635. The van der Waals surface area contributed by atoms with Gasteiger partial charge in [-0.2, -0.15) is 0 Å². The van der Waals surface area contributed by atoms with Gasteiger partial charge in [0.2, 0.25) is 0 Å². The highest BCUT2D eigenvalue weighted by Gasteiger charge is 2.06. The van der Waals surface area contributed by atoms with Crippen LogP contribution in [0.4, 0.5) is 0 Å². The summed E-state index contributed by atoms with van der Waals surface area (Å²) in [6.45, 7) is 5.47. The number of carbonyl (C=O) groups is 1. The molecule has 0 unspecified atom stereocenters. The molecule has 0 aliphatic rings. The van der Waals surface area contributed by atoms with Crippen molar-refractivity contribution in [3.05, 3.63) is 59.5 Å². The third-order valence-electron chi connectivity index (χ3n) is 2.57. The Morgan fingerprint density at radius 2 is 1.95 bits per heavy atom. The molecular formula is C15H15ClN2O3. The molecule has 2 rings (SSSR count). The monoisotopic (exact) mass is 306 g/mol. The van der Waals surface area contributed by atoms with Crippen LogP contribution >= 0.6 is 11.6 Å². The molecule has 0 saturated heterocycles. The Balaban J connectivity index is 1.74. The fourth-order valence-electron chi connectivity index (χ4n) is 1.52. The lowest BCUT2D eigenvalue weighted by Gasteiger charge is -2.10. The van der Waals surface area contributed by atoms with Gasteiger partial charge in [0.05, 0.1) is 5.70 Å². The van der Waals surface area contributed by atoms with Gasteiger partial charge in [-0.3, -0.25) is 15.6 Å². The molecule has 0 saturated carbocycles. The summed E-state index contributed by atoms with van der Waals surface area (Å²) in [5.41, 5.74) is 5.60. The number of furan rings is 1. The Kier molecular flexibility index (Phi) is 4.90. The topological polar surface area (TPSA) is 63.5 Å². The molecule has 0 aliphatic heterocycles. The maximum Gasteiger partial charge on any atom is 0.276 e. The minimum Gasteiger partial charge on any atom is -0.484 e. The van der Waals surface area contributed by atoms with E-state index in [1.54, 1.807) is 30.3 Å². The van der Waals surface area contributed by atoms with Crippen molar-refractivity contribution in [1.82, 2.24) is 10.9 Å². The number of hydrogen-bond donors (Lipinski definition) is 2. The van der Waals surface area contributed by atoms with Gasteiger partial charge in [-0.05, 0) is 43.3 Å². The van der Waals surface area contributed by atoms with Crippen LogP contribution in [0.2, 0.25) is 5.02 Å². The van der Waals surface area contributed by atoms with Crippen LogP contribution in [0.25, 0.3) is 5.70 Å². The summed E-state index contributed by atoms with van der Waals surface area (Å²) in [6.07, 6.45) is 0. The molecule has 1 amide bonds. The fraction of sp³-hybridized carbons (Fsp3) is 0.133. The first-order valence-electron chi connectivity index (χ1n) is 6.23. The summed E-state index contributed by atoms with van der Waals surface area (Å²) in [5.74, 6) is 1.56. The Morgan fingerprint density at radius 3 is 2.57 bits per heavy atom. The van der Waals surface area contributed by atoms with E-state index < -0.39 is 0 Å². The number of halogens is 1. The maximum absolute atomic E-state index is 11.6. The first-order chi connectivity index (χ1) is 10.0. The smallest absolute Gasteiger partial charge is 0.276 e. The number of amides is 1. The van der Waals surface area contributed by atoms with Gasteiger partial charge in [-0.25, -0.2) is 0 Å². The van der Waals surface area contributed by atoms with Crippen LogP contribution in [0.1, 0.15) is 11.5 Å². The van der Waals surface area contributed by atoms with Crippen molar-refractivity contribution >= 4 is 23.2 Å². The van der Waals surface area contributed by atoms with E-state index in [2.05, 4.69) is 17.4 Å². The van der Waals surface area contributed by atoms with Crippen molar-refractivity contribution in [1.29, 1.82) is 0 Å². The lowest BCUT2D eigenvalue weighted by Crippen LogP contribution is -2.38. The molecule has 5 nitrogen and oxygen atoms in total. The summed E-state index contributed by atoms with van der Waals surface area (Å²) in [7, 11) is 0. The first-order valence-corrected chi connectivity index (χ1v) is 6.61. The van der Waals surface area contributed by atoms with Gasteiger partial charge in [0.15, 0.2) is 12.4 Å². The van der Waals surface area contributed by atoms with Crippen molar-refractivity contribution in [2.75, 3.05) is 6.61 Å². The molecule has 0 radical (unpaired) electrons. The van der Waals surface area contributed by atoms with E-state index in [4.69, 9.17) is 20.8 Å². The number of ether oxygens (including phenoxy) is 1. The number of nitrogens with one attached hydrogen (secondary N) is 2. The van der Waals surface area contributed by atoms with Crippen LogP contribution < -0.4 is 15.6 Å². The minimum atomic E-state index is -0.339. The molecule has 0 atom stereocenters. The molecule has 1 aromatic heterocycles. The van der Waals surface area contributed by atoms with Gasteiger partial charge in [-0.15, -0.1) is 0 Å². The first kappa shape index (κ1) is 15.0. The van der Waals surface area contributed by atoms with Gasteiger partial charge >= 0.3 is 0 Å². The van der Waals surface area contributed by atoms with E-state index in [1.807, 2.05) is 13.0 Å². The van der Waals surface area contributed by atoms with Crippen molar-refractivity contribution in [3.63, 3.8) is 0 Å². The summed E-state index contributed by atoms with van der Waals surface area (Å²) >= 11 is 5.76. The van der Waals surface area contributed by atoms with E-state index in [1.165, 1.54) is 0 Å². The quantitative estimate of drug-likeness (QED) is 0.806. The molecule has 21 heavy (non-hydrogen) atoms. The molecule has 1 heterocycles. The lowest BCUT2D eigenvalue weighted by molar-refractivity contribution is -0.123. The molecule has 0 bridgehead atoms. The number of aryl methyl sites for hydroxylation is 1. The van der Waals surface area contributed by atoms with E-state index >= 15 is 0 Å². The van der Waals surface area contributed by atoms with Crippen molar-refractivity contribution < 1.29 is 13.9 Å². The highest BCUT2D eigenvalue weighted by Crippen LogP contribution is 2.15. The van der Waals surface area contributed by atoms with Gasteiger partial charge < -0.3 is 9.15 Å². The molecule has 0 aliphatic carbocycles. The molecule has 1 aromatic carbocycles. The highest BCUT2D eigenvalue weighted by molar-refractivity contribution is 6.30. The van der Waals surface area contributed by atoms with E-state index in [9.17, 15) is 4.79 Å². The molecule has 0 spiro atoms. The molecular weight excluding hydrogens is 292 g/mol. The van der Waals surface area contributed by atoms with Crippen LogP contribution in [0.5, 0.6) is 5.75 Å². The third kappa shape index (κ3) is 4.57. The second-order valence-corrected chi connectivity index (χ2v) is 4.74. The van der Waals surface area contributed by atoms with Crippen LogP contribution in [0, 0.1) is 6.92 Å². The predicted molar refractivity (Wildman–Crippen MR) is 80.7 cm³/mol. The normalized spacial score (nSPS) is 10.0. The number of hydrogen-bond acceptors (Lipinski definition) is 4. The highest BCUT2D eigenvalue weighted by atomic mass is 35.5. The van der Waals surface area contributed by atoms with Gasteiger partial charge in [0, 0.05) is 5.02 Å². The average Bonchev–Trinajstić information content (AvgIpc) is 2.91. The van der Waals surface area contributed by atoms with Crippen LogP contribution in [0.15, 0.2) is 47.4 Å². The van der Waals surface area contributed by atoms with Crippen LogP contribution in [0.3, 0.4) is 0 Å². The number of rotatable bonds is 6. The van der Waals surface area contributed by atoms with E-state index in [0.29, 0.717) is 22.2 Å². The second-order valence-electron chi connectivity index (χ2n) is 4.30. The largest absolute Gasteiger partial charge is 0.484 e. The van der Waals surface area contributed by atoms with Gasteiger partial charge in [-0.1, -0.05) is 18.2 Å². The SMILES string of the molecule is C=C(NNC(=O)COc1ccc(Cl)cc1)c1ccc(C)o1. The van der Waals surface area contributed by atoms with Crippen molar-refractivity contribution in [3.8, 4) is 5.75 Å². The molecule has 6 heteroatoms. The predicted octanol–water partition coefficient (Wildman–Crippen LogP) is 2.91. The Morgan fingerprint density at radius 1 is 1.24 bits per heavy atom. The fourth-order valence-corrected chi connectivity index (χ4v) is 1.65. The zero-order valence-corrected chi connectivity index (χ0v) is 12.2. The van der Waals surface area contributed by atoms with Gasteiger partial charge in [0.1, 0.15) is 11.5 Å². The molecule has 0 fully saturated rings. The zero-order chi connectivity index (χ0) is 15.2. The summed E-state index contributed by atoms with van der Waals surface area (Å²) < 4.78 is 10.7. The second kappa shape index (κ2) is 6.85. The summed E-state index contributed by atoms with van der Waals surface area (Å²) in [6, 6.07) is 10.3. The standard InChI is InChI=1S/C15H15ClN2O3/c1-10-3-8-14(21-10)11(2)17-18-15(19)9-20-13-6-4-12(16)5-7-13/h3-8,17H,2,9H2,1H3,(H,18,19). The summed E-state index contributed by atoms with van der Waals surface area (Å²) in [4.78, 5) is 11.6. The molecule has 2 N–H and O–H groups in total. The van der Waals surface area contributed by atoms with Crippen LogP contribution in [-0.2, 0) is 4.79 Å². The average molecular weight is 307 g/mol. The number of carbonyl (C=O) groups excluding carboxylic acids is 1. The number of hydrazine groups is 1. The number of benzene rings is 1. The van der Waals surface area contributed by atoms with Crippen molar-refractivity contribution in [2.45, 2.75) is 6.92 Å². The zero-order valence-electron chi connectivity index (χ0n) is 11.5. The van der Waals surface area contributed by atoms with Gasteiger partial charge in [0.25, 0.3) is 5.91 Å².